The summed E-state index contributed by atoms with van der Waals surface area (Å²) in [7, 11) is 0. The molecule has 2 N–H and O–H groups in total. The zero-order chi connectivity index (χ0) is 9.14. The Kier molecular flexibility index (Phi) is 2.87. The van der Waals surface area contributed by atoms with Crippen LogP contribution in [0.5, 0.6) is 0 Å². The smallest absolute Gasteiger partial charge is 0.0965 e. The Bertz CT molecular complexity index is 314. The van der Waals surface area contributed by atoms with Gasteiger partial charge in [-0.2, -0.15) is 0 Å². The quantitative estimate of drug-likeness (QED) is 0.581. The Labute approximate surface area is 80.6 Å². The van der Waals surface area contributed by atoms with Gasteiger partial charge < -0.3 is 5.73 Å². The van der Waals surface area contributed by atoms with Gasteiger partial charge in [0.05, 0.1) is 11.5 Å². The molecule has 64 valence electrons. The van der Waals surface area contributed by atoms with E-state index in [0.29, 0.717) is 5.84 Å². The number of benzene rings is 1. The minimum absolute atomic E-state index is 0.571. The maximum absolute atomic E-state index is 5.47. The van der Waals surface area contributed by atoms with E-state index in [9.17, 15) is 0 Å². The molecule has 2 nitrogen and oxygen atoms in total. The van der Waals surface area contributed by atoms with Gasteiger partial charge in [-0.05, 0) is 47.5 Å². The SMILES string of the molecule is CC(N)=Nc1cc(C)ccc1Br. The summed E-state index contributed by atoms with van der Waals surface area (Å²) in [6, 6.07) is 5.98. The lowest BCUT2D eigenvalue weighted by molar-refractivity contribution is 1.38. The Morgan fingerprint density at radius 2 is 2.17 bits per heavy atom. The van der Waals surface area contributed by atoms with Crippen molar-refractivity contribution in [2.24, 2.45) is 10.7 Å². The second-order valence-electron chi connectivity index (χ2n) is 2.71. The van der Waals surface area contributed by atoms with Crippen LogP contribution in [0.1, 0.15) is 12.5 Å². The highest BCUT2D eigenvalue weighted by Gasteiger charge is 1.97. The molecule has 0 aliphatic carbocycles. The topological polar surface area (TPSA) is 38.4 Å². The lowest BCUT2D eigenvalue weighted by Crippen LogP contribution is -2.03. The molecule has 1 aromatic rings. The van der Waals surface area contributed by atoms with Crippen molar-refractivity contribution < 1.29 is 0 Å². The van der Waals surface area contributed by atoms with E-state index in [1.54, 1.807) is 6.92 Å². The summed E-state index contributed by atoms with van der Waals surface area (Å²) in [6.45, 7) is 3.80. The van der Waals surface area contributed by atoms with Crippen molar-refractivity contribution in [1.29, 1.82) is 0 Å². The molecule has 12 heavy (non-hydrogen) atoms. The van der Waals surface area contributed by atoms with Gasteiger partial charge in [0, 0.05) is 4.47 Å². The van der Waals surface area contributed by atoms with Gasteiger partial charge >= 0.3 is 0 Å². The second kappa shape index (κ2) is 3.72. The summed E-state index contributed by atoms with van der Waals surface area (Å²) in [4.78, 5) is 4.17. The number of hydrogen-bond acceptors (Lipinski definition) is 1. The van der Waals surface area contributed by atoms with Crippen LogP contribution in [0.3, 0.4) is 0 Å². The van der Waals surface area contributed by atoms with Crippen molar-refractivity contribution in [3.05, 3.63) is 28.2 Å². The average molecular weight is 227 g/mol. The van der Waals surface area contributed by atoms with E-state index in [1.165, 1.54) is 5.56 Å². The molecule has 0 amide bonds. The predicted molar refractivity (Wildman–Crippen MR) is 55.8 cm³/mol. The highest BCUT2D eigenvalue weighted by molar-refractivity contribution is 9.10. The minimum atomic E-state index is 0.571. The van der Waals surface area contributed by atoms with Crippen molar-refractivity contribution in [2.75, 3.05) is 0 Å². The Balaban J connectivity index is 3.14. The first-order valence-electron chi connectivity index (χ1n) is 3.66. The van der Waals surface area contributed by atoms with E-state index in [2.05, 4.69) is 20.9 Å². The molecular weight excluding hydrogens is 216 g/mol. The van der Waals surface area contributed by atoms with E-state index >= 15 is 0 Å². The van der Waals surface area contributed by atoms with Crippen molar-refractivity contribution in [3.63, 3.8) is 0 Å². The number of amidine groups is 1. The normalized spacial score (nSPS) is 11.8. The molecule has 0 bridgehead atoms. The fourth-order valence-electron chi connectivity index (χ4n) is 0.898. The number of rotatable bonds is 1. The molecule has 1 rings (SSSR count). The van der Waals surface area contributed by atoms with Crippen LogP contribution in [-0.2, 0) is 0 Å². The third-order valence-corrected chi connectivity index (χ3v) is 2.07. The summed E-state index contributed by atoms with van der Waals surface area (Å²) >= 11 is 3.40. The standard InChI is InChI=1S/C9H11BrN2/c1-6-3-4-8(10)9(5-6)12-7(2)11/h3-5H,1-2H3,(H2,11,12). The van der Waals surface area contributed by atoms with Crippen molar-refractivity contribution in [2.45, 2.75) is 13.8 Å². The van der Waals surface area contributed by atoms with Gasteiger partial charge in [0.25, 0.3) is 0 Å². The number of nitrogens with zero attached hydrogens (tertiary/aromatic N) is 1. The van der Waals surface area contributed by atoms with E-state index in [0.717, 1.165) is 10.2 Å². The van der Waals surface area contributed by atoms with Gasteiger partial charge in [-0.1, -0.05) is 6.07 Å². The van der Waals surface area contributed by atoms with Gasteiger partial charge in [-0.25, -0.2) is 4.99 Å². The maximum Gasteiger partial charge on any atom is 0.0965 e. The van der Waals surface area contributed by atoms with Crippen LogP contribution in [0.25, 0.3) is 0 Å². The molecule has 0 aliphatic rings. The highest BCUT2D eigenvalue weighted by Crippen LogP contribution is 2.25. The average Bonchev–Trinajstić information content (AvgIpc) is 1.96. The van der Waals surface area contributed by atoms with Crippen LogP contribution < -0.4 is 5.73 Å². The summed E-state index contributed by atoms with van der Waals surface area (Å²) < 4.78 is 0.970. The number of aryl methyl sites for hydroxylation is 1. The Morgan fingerprint density at radius 3 is 2.75 bits per heavy atom. The summed E-state index contributed by atoms with van der Waals surface area (Å²) in [5.41, 5.74) is 7.54. The third kappa shape index (κ3) is 2.34. The molecule has 0 heterocycles. The van der Waals surface area contributed by atoms with Gasteiger partial charge in [0.2, 0.25) is 0 Å². The fourth-order valence-corrected chi connectivity index (χ4v) is 1.23. The molecule has 0 fully saturated rings. The van der Waals surface area contributed by atoms with Gasteiger partial charge in [0.15, 0.2) is 0 Å². The van der Waals surface area contributed by atoms with Crippen LogP contribution in [0.4, 0.5) is 5.69 Å². The van der Waals surface area contributed by atoms with Crippen LogP contribution >= 0.6 is 15.9 Å². The van der Waals surface area contributed by atoms with Gasteiger partial charge in [-0.3, -0.25) is 0 Å². The highest BCUT2D eigenvalue weighted by atomic mass is 79.9. The predicted octanol–water partition coefficient (Wildman–Crippen LogP) is 2.77. The van der Waals surface area contributed by atoms with Crippen molar-refractivity contribution >= 4 is 27.5 Å². The Morgan fingerprint density at radius 1 is 1.50 bits per heavy atom. The van der Waals surface area contributed by atoms with Gasteiger partial charge in [0.1, 0.15) is 0 Å². The van der Waals surface area contributed by atoms with E-state index in [-0.39, 0.29) is 0 Å². The number of nitrogens with two attached hydrogens (primary N) is 1. The first-order chi connectivity index (χ1) is 5.59. The third-order valence-electron chi connectivity index (χ3n) is 1.40. The largest absolute Gasteiger partial charge is 0.387 e. The van der Waals surface area contributed by atoms with Gasteiger partial charge in [-0.15, -0.1) is 0 Å². The van der Waals surface area contributed by atoms with Crippen LogP contribution in [0.2, 0.25) is 0 Å². The monoisotopic (exact) mass is 226 g/mol. The molecule has 0 aliphatic heterocycles. The minimum Gasteiger partial charge on any atom is -0.387 e. The van der Waals surface area contributed by atoms with E-state index in [4.69, 9.17) is 5.73 Å². The van der Waals surface area contributed by atoms with Crippen LogP contribution in [-0.4, -0.2) is 5.84 Å². The molecule has 0 aromatic heterocycles. The van der Waals surface area contributed by atoms with Crippen molar-refractivity contribution in [1.82, 2.24) is 0 Å². The number of hydrogen-bond donors (Lipinski definition) is 1. The summed E-state index contributed by atoms with van der Waals surface area (Å²) in [5, 5.41) is 0. The number of aliphatic imine (C=N–C) groups is 1. The maximum atomic E-state index is 5.47. The summed E-state index contributed by atoms with van der Waals surface area (Å²) in [5.74, 6) is 0.571. The molecule has 3 heteroatoms. The summed E-state index contributed by atoms with van der Waals surface area (Å²) in [6.07, 6.45) is 0. The lowest BCUT2D eigenvalue weighted by atomic mass is 10.2. The first kappa shape index (κ1) is 9.26. The van der Waals surface area contributed by atoms with E-state index in [1.807, 2.05) is 25.1 Å². The molecule has 0 unspecified atom stereocenters. The van der Waals surface area contributed by atoms with Crippen molar-refractivity contribution in [3.8, 4) is 0 Å². The Hall–Kier alpha value is -0.830. The number of halogens is 1. The molecule has 0 atom stereocenters. The molecule has 0 saturated carbocycles. The van der Waals surface area contributed by atoms with Crippen LogP contribution in [0.15, 0.2) is 27.7 Å². The molecular formula is C9H11BrN2. The molecule has 0 radical (unpaired) electrons. The first-order valence-corrected chi connectivity index (χ1v) is 4.46. The zero-order valence-electron chi connectivity index (χ0n) is 7.13. The lowest BCUT2D eigenvalue weighted by Gasteiger charge is -2.00. The second-order valence-corrected chi connectivity index (χ2v) is 3.56. The molecule has 1 aromatic carbocycles. The fraction of sp³-hybridized carbons (Fsp3) is 0.222. The molecule has 0 saturated heterocycles. The zero-order valence-corrected chi connectivity index (χ0v) is 8.72. The van der Waals surface area contributed by atoms with Crippen LogP contribution in [0, 0.1) is 6.92 Å². The molecule has 0 spiro atoms. The van der Waals surface area contributed by atoms with E-state index < -0.39 is 0 Å².